The number of alkyl halides is 2. The van der Waals surface area contributed by atoms with Crippen LogP contribution in [0, 0.1) is 0 Å². The summed E-state index contributed by atoms with van der Waals surface area (Å²) in [5.41, 5.74) is 0. The van der Waals surface area contributed by atoms with Gasteiger partial charge in [-0.2, -0.15) is 11.8 Å². The molecule has 0 spiro atoms. The van der Waals surface area contributed by atoms with Gasteiger partial charge in [-0.05, 0) is 31.3 Å². The average Bonchev–Trinajstić information content (AvgIpc) is 2.43. The summed E-state index contributed by atoms with van der Waals surface area (Å²) in [5, 5.41) is 6.66. The van der Waals surface area contributed by atoms with Gasteiger partial charge in [-0.1, -0.05) is 0 Å². The highest BCUT2D eigenvalue weighted by Gasteiger charge is 2.21. The van der Waals surface area contributed by atoms with Crippen molar-refractivity contribution in [1.29, 1.82) is 0 Å². The molecule has 0 aliphatic carbocycles. The molecule has 1 saturated heterocycles. The van der Waals surface area contributed by atoms with Gasteiger partial charge in [0.15, 0.2) is 5.96 Å². The first-order valence-electron chi connectivity index (χ1n) is 7.12. The van der Waals surface area contributed by atoms with E-state index in [2.05, 4.69) is 21.9 Å². The maximum Gasteiger partial charge on any atom is 0.251 e. The van der Waals surface area contributed by atoms with E-state index in [1.807, 2.05) is 16.7 Å². The van der Waals surface area contributed by atoms with E-state index in [0.29, 0.717) is 6.04 Å². The summed E-state index contributed by atoms with van der Waals surface area (Å²) < 4.78 is 24.6. The molecular formula is C13H27F2IN4S. The summed E-state index contributed by atoms with van der Waals surface area (Å²) in [6.45, 7) is 2.26. The van der Waals surface area contributed by atoms with Crippen LogP contribution >= 0.6 is 35.7 Å². The molecule has 2 N–H and O–H groups in total. The number of halogens is 3. The molecular weight excluding hydrogens is 409 g/mol. The Morgan fingerprint density at radius 2 is 2.05 bits per heavy atom. The third-order valence-electron chi connectivity index (χ3n) is 3.37. The third kappa shape index (κ3) is 9.72. The Hall–Kier alpha value is 0.170. The first kappa shape index (κ1) is 21.2. The maximum atomic E-state index is 12.3. The van der Waals surface area contributed by atoms with Crippen LogP contribution in [0.4, 0.5) is 8.78 Å². The van der Waals surface area contributed by atoms with E-state index in [1.165, 1.54) is 0 Å². The largest absolute Gasteiger partial charge is 0.356 e. The van der Waals surface area contributed by atoms with Crippen LogP contribution < -0.4 is 10.6 Å². The Labute approximate surface area is 147 Å². The van der Waals surface area contributed by atoms with Crippen molar-refractivity contribution in [2.75, 3.05) is 45.2 Å². The van der Waals surface area contributed by atoms with Crippen LogP contribution in [0.5, 0.6) is 0 Å². The number of rotatable bonds is 7. The second kappa shape index (κ2) is 12.7. The highest BCUT2D eigenvalue weighted by molar-refractivity contribution is 14.0. The van der Waals surface area contributed by atoms with Crippen molar-refractivity contribution < 1.29 is 8.78 Å². The summed E-state index contributed by atoms with van der Waals surface area (Å²) in [6.07, 6.45) is 2.75. The highest BCUT2D eigenvalue weighted by atomic mass is 127. The van der Waals surface area contributed by atoms with Crippen LogP contribution in [0.25, 0.3) is 0 Å². The number of piperidine rings is 1. The fourth-order valence-corrected chi connectivity index (χ4v) is 2.70. The summed E-state index contributed by atoms with van der Waals surface area (Å²) in [4.78, 5) is 6.03. The zero-order chi connectivity index (χ0) is 14.8. The number of thioether (sulfide) groups is 1. The molecule has 0 bridgehead atoms. The molecule has 1 aliphatic heterocycles. The zero-order valence-corrected chi connectivity index (χ0v) is 15.9. The van der Waals surface area contributed by atoms with Crippen molar-refractivity contribution in [3.05, 3.63) is 0 Å². The Morgan fingerprint density at radius 1 is 1.38 bits per heavy atom. The van der Waals surface area contributed by atoms with Gasteiger partial charge in [0.2, 0.25) is 0 Å². The molecule has 0 aromatic rings. The van der Waals surface area contributed by atoms with Crippen LogP contribution in [-0.4, -0.2) is 68.6 Å². The topological polar surface area (TPSA) is 39.7 Å². The van der Waals surface area contributed by atoms with Gasteiger partial charge >= 0.3 is 0 Å². The summed E-state index contributed by atoms with van der Waals surface area (Å²) in [7, 11) is 1.76. The molecule has 1 rings (SSSR count). The molecule has 0 unspecified atom stereocenters. The molecule has 8 heteroatoms. The van der Waals surface area contributed by atoms with Gasteiger partial charge in [0, 0.05) is 32.7 Å². The van der Waals surface area contributed by atoms with E-state index in [-0.39, 0.29) is 30.5 Å². The quantitative estimate of drug-likeness (QED) is 0.278. The minimum absolute atomic E-state index is 0. The van der Waals surface area contributed by atoms with E-state index >= 15 is 0 Å². The van der Waals surface area contributed by atoms with Crippen LogP contribution in [0.3, 0.4) is 0 Å². The Bertz CT molecular complexity index is 287. The first-order valence-corrected chi connectivity index (χ1v) is 8.51. The predicted molar refractivity (Wildman–Crippen MR) is 98.4 cm³/mol. The van der Waals surface area contributed by atoms with Gasteiger partial charge in [-0.25, -0.2) is 8.78 Å². The molecule has 21 heavy (non-hydrogen) atoms. The monoisotopic (exact) mass is 436 g/mol. The van der Waals surface area contributed by atoms with Gasteiger partial charge in [-0.3, -0.25) is 9.89 Å². The Morgan fingerprint density at radius 3 is 2.57 bits per heavy atom. The highest BCUT2D eigenvalue weighted by Crippen LogP contribution is 2.11. The molecule has 0 aromatic heterocycles. The van der Waals surface area contributed by atoms with Crippen LogP contribution in [0.2, 0.25) is 0 Å². The summed E-state index contributed by atoms with van der Waals surface area (Å²) in [6, 6.07) is 0.329. The molecule has 4 nitrogen and oxygen atoms in total. The van der Waals surface area contributed by atoms with E-state index in [9.17, 15) is 8.78 Å². The summed E-state index contributed by atoms with van der Waals surface area (Å²) >= 11 is 1.83. The Balaban J connectivity index is 0.00000400. The second-order valence-electron chi connectivity index (χ2n) is 4.96. The van der Waals surface area contributed by atoms with Crippen LogP contribution in [-0.2, 0) is 0 Å². The van der Waals surface area contributed by atoms with E-state index < -0.39 is 6.43 Å². The van der Waals surface area contributed by atoms with Crippen molar-refractivity contribution in [3.8, 4) is 0 Å². The van der Waals surface area contributed by atoms with Crippen molar-refractivity contribution in [1.82, 2.24) is 15.5 Å². The average molecular weight is 436 g/mol. The number of guanidine groups is 1. The molecule has 0 saturated carbocycles. The van der Waals surface area contributed by atoms with Crippen molar-refractivity contribution in [2.45, 2.75) is 31.7 Å². The standard InChI is InChI=1S/C13H26F2N4S.HI/c1-16-13(17-6-3-9-20-2)18-11-4-7-19(8-5-11)10-12(14)15;/h11-12H,3-10H2,1-2H3,(H2,16,17,18);1H. The van der Waals surface area contributed by atoms with E-state index in [0.717, 1.165) is 50.6 Å². The van der Waals surface area contributed by atoms with E-state index in [4.69, 9.17) is 0 Å². The minimum atomic E-state index is -2.23. The Kier molecular flexibility index (Phi) is 12.8. The molecule has 1 fully saturated rings. The molecule has 126 valence electrons. The van der Waals surface area contributed by atoms with Crippen molar-refractivity contribution in [3.63, 3.8) is 0 Å². The maximum absolute atomic E-state index is 12.3. The van der Waals surface area contributed by atoms with Gasteiger partial charge in [0.1, 0.15) is 0 Å². The van der Waals surface area contributed by atoms with E-state index in [1.54, 1.807) is 7.05 Å². The van der Waals surface area contributed by atoms with Gasteiger partial charge in [-0.15, -0.1) is 24.0 Å². The number of aliphatic imine (C=N–C) groups is 1. The molecule has 0 radical (unpaired) electrons. The fourth-order valence-electron chi connectivity index (χ4n) is 2.27. The molecule has 1 aliphatic rings. The normalized spacial score (nSPS) is 17.7. The third-order valence-corrected chi connectivity index (χ3v) is 4.06. The van der Waals surface area contributed by atoms with Crippen molar-refractivity contribution >= 4 is 41.7 Å². The molecule has 0 aromatic carbocycles. The number of hydrogen-bond donors (Lipinski definition) is 2. The summed E-state index contributed by atoms with van der Waals surface area (Å²) in [5.74, 6) is 1.95. The minimum Gasteiger partial charge on any atom is -0.356 e. The molecule has 0 amide bonds. The van der Waals surface area contributed by atoms with Crippen LogP contribution in [0.1, 0.15) is 19.3 Å². The number of nitrogens with zero attached hydrogens (tertiary/aromatic N) is 2. The first-order chi connectivity index (χ1) is 9.65. The lowest BCUT2D eigenvalue weighted by atomic mass is 10.1. The van der Waals surface area contributed by atoms with Crippen LogP contribution in [0.15, 0.2) is 4.99 Å². The lowest BCUT2D eigenvalue weighted by Crippen LogP contribution is -2.49. The second-order valence-corrected chi connectivity index (χ2v) is 5.94. The lowest BCUT2D eigenvalue weighted by molar-refractivity contribution is 0.0744. The molecule has 0 atom stereocenters. The lowest BCUT2D eigenvalue weighted by Gasteiger charge is -2.32. The fraction of sp³-hybridized carbons (Fsp3) is 0.923. The predicted octanol–water partition coefficient (Wildman–Crippen LogP) is 2.25. The molecule has 1 heterocycles. The number of nitrogens with one attached hydrogen (secondary N) is 2. The van der Waals surface area contributed by atoms with Crippen molar-refractivity contribution in [2.24, 2.45) is 4.99 Å². The number of likely N-dealkylation sites (tertiary alicyclic amines) is 1. The number of hydrogen-bond acceptors (Lipinski definition) is 3. The SMILES string of the molecule is CN=C(NCCCSC)NC1CCN(CC(F)F)CC1.I. The van der Waals surface area contributed by atoms with Gasteiger partial charge in [0.05, 0.1) is 6.54 Å². The smallest absolute Gasteiger partial charge is 0.251 e. The van der Waals surface area contributed by atoms with Gasteiger partial charge in [0.25, 0.3) is 6.43 Å². The van der Waals surface area contributed by atoms with Gasteiger partial charge < -0.3 is 10.6 Å². The zero-order valence-electron chi connectivity index (χ0n) is 12.8.